The molecule has 0 amide bonds. The SMILES string of the molecule is CC1CCCC(N)(c2nc(-c3cccs3)cs2)C1. The van der Waals surface area contributed by atoms with Crippen molar-refractivity contribution in [3.8, 4) is 10.6 Å². The molecule has 2 aromatic rings. The first kappa shape index (κ1) is 12.3. The summed E-state index contributed by atoms with van der Waals surface area (Å²) in [4.78, 5) is 6.03. The molecule has 2 unspecified atom stereocenters. The lowest BCUT2D eigenvalue weighted by molar-refractivity contribution is 0.238. The highest BCUT2D eigenvalue weighted by atomic mass is 32.1. The van der Waals surface area contributed by atoms with Gasteiger partial charge in [0.15, 0.2) is 0 Å². The average Bonchev–Trinajstić information content (AvgIpc) is 3.00. The Morgan fingerprint density at radius 2 is 2.33 bits per heavy atom. The van der Waals surface area contributed by atoms with Gasteiger partial charge in [0, 0.05) is 5.38 Å². The number of nitrogens with zero attached hydrogens (tertiary/aromatic N) is 1. The van der Waals surface area contributed by atoms with E-state index in [-0.39, 0.29) is 5.54 Å². The Morgan fingerprint density at radius 3 is 3.06 bits per heavy atom. The van der Waals surface area contributed by atoms with Crippen molar-refractivity contribution in [3.05, 3.63) is 27.9 Å². The van der Waals surface area contributed by atoms with Gasteiger partial charge < -0.3 is 5.73 Å². The summed E-state index contributed by atoms with van der Waals surface area (Å²) in [5, 5.41) is 5.36. The summed E-state index contributed by atoms with van der Waals surface area (Å²) in [7, 11) is 0. The standard InChI is InChI=1S/C14H18N2S2/c1-10-4-2-6-14(15,8-10)13-16-11(9-18-13)12-5-3-7-17-12/h3,5,7,9-10H,2,4,6,8,15H2,1H3. The highest BCUT2D eigenvalue weighted by molar-refractivity contribution is 7.14. The van der Waals surface area contributed by atoms with E-state index >= 15 is 0 Å². The molecule has 1 saturated carbocycles. The molecule has 1 aliphatic carbocycles. The number of aromatic nitrogens is 1. The van der Waals surface area contributed by atoms with Crippen molar-refractivity contribution in [3.63, 3.8) is 0 Å². The minimum atomic E-state index is -0.183. The van der Waals surface area contributed by atoms with E-state index in [1.807, 2.05) is 0 Å². The van der Waals surface area contributed by atoms with Gasteiger partial charge in [0.05, 0.1) is 16.1 Å². The van der Waals surface area contributed by atoms with Gasteiger partial charge in [-0.2, -0.15) is 0 Å². The fourth-order valence-corrected chi connectivity index (χ4v) is 4.56. The molecule has 0 spiro atoms. The Bertz CT molecular complexity index is 518. The molecular formula is C14H18N2S2. The van der Waals surface area contributed by atoms with Crippen molar-refractivity contribution in [2.24, 2.45) is 11.7 Å². The van der Waals surface area contributed by atoms with Crippen molar-refractivity contribution in [2.75, 3.05) is 0 Å². The van der Waals surface area contributed by atoms with Crippen LogP contribution in [0.1, 0.15) is 37.6 Å². The zero-order valence-corrected chi connectivity index (χ0v) is 12.2. The molecule has 2 N–H and O–H groups in total. The molecule has 0 aromatic carbocycles. The van der Waals surface area contributed by atoms with Crippen LogP contribution in [-0.4, -0.2) is 4.98 Å². The second kappa shape index (κ2) is 4.76. The normalized spacial score (nSPS) is 28.4. The second-order valence-electron chi connectivity index (χ2n) is 5.37. The van der Waals surface area contributed by atoms with E-state index in [0.29, 0.717) is 0 Å². The first-order valence-electron chi connectivity index (χ1n) is 6.46. The van der Waals surface area contributed by atoms with Crippen LogP contribution in [0.25, 0.3) is 10.6 Å². The summed E-state index contributed by atoms with van der Waals surface area (Å²) in [5.41, 5.74) is 7.50. The molecule has 2 aromatic heterocycles. The predicted molar refractivity (Wildman–Crippen MR) is 78.9 cm³/mol. The third-order valence-corrected chi connectivity index (χ3v) is 5.69. The minimum absolute atomic E-state index is 0.183. The fraction of sp³-hybridized carbons (Fsp3) is 0.500. The lowest BCUT2D eigenvalue weighted by Crippen LogP contribution is -2.40. The van der Waals surface area contributed by atoms with Crippen molar-refractivity contribution in [2.45, 2.75) is 38.1 Å². The summed E-state index contributed by atoms with van der Waals surface area (Å²) < 4.78 is 0. The van der Waals surface area contributed by atoms with E-state index in [4.69, 9.17) is 10.7 Å². The first-order chi connectivity index (χ1) is 8.67. The van der Waals surface area contributed by atoms with Gasteiger partial charge >= 0.3 is 0 Å². The molecule has 18 heavy (non-hydrogen) atoms. The third-order valence-electron chi connectivity index (χ3n) is 3.74. The number of hydrogen-bond donors (Lipinski definition) is 1. The lowest BCUT2D eigenvalue weighted by Gasteiger charge is -2.35. The van der Waals surface area contributed by atoms with Crippen LogP contribution >= 0.6 is 22.7 Å². The summed E-state index contributed by atoms with van der Waals surface area (Å²) in [6.45, 7) is 2.30. The summed E-state index contributed by atoms with van der Waals surface area (Å²) >= 11 is 3.46. The van der Waals surface area contributed by atoms with Crippen molar-refractivity contribution in [1.82, 2.24) is 4.98 Å². The molecule has 4 heteroatoms. The predicted octanol–water partition coefficient (Wildman–Crippen LogP) is 4.24. The third kappa shape index (κ3) is 2.25. The largest absolute Gasteiger partial charge is 0.319 e. The molecule has 0 aliphatic heterocycles. The van der Waals surface area contributed by atoms with Crippen molar-refractivity contribution in [1.29, 1.82) is 0 Å². The molecule has 96 valence electrons. The Kier molecular flexibility index (Phi) is 3.26. The van der Waals surface area contributed by atoms with Gasteiger partial charge in [0.2, 0.25) is 0 Å². The van der Waals surface area contributed by atoms with E-state index in [1.54, 1.807) is 22.7 Å². The topological polar surface area (TPSA) is 38.9 Å². The van der Waals surface area contributed by atoms with Crippen LogP contribution < -0.4 is 5.73 Å². The minimum Gasteiger partial charge on any atom is -0.319 e. The lowest BCUT2D eigenvalue weighted by atomic mass is 9.77. The summed E-state index contributed by atoms with van der Waals surface area (Å²) in [5.74, 6) is 0.720. The smallest absolute Gasteiger partial charge is 0.113 e. The highest BCUT2D eigenvalue weighted by Crippen LogP contribution is 2.40. The van der Waals surface area contributed by atoms with E-state index in [0.717, 1.165) is 29.5 Å². The van der Waals surface area contributed by atoms with E-state index in [9.17, 15) is 0 Å². The van der Waals surface area contributed by atoms with Gasteiger partial charge in [0.1, 0.15) is 5.01 Å². The van der Waals surface area contributed by atoms with Crippen LogP contribution in [-0.2, 0) is 5.54 Å². The zero-order valence-electron chi connectivity index (χ0n) is 10.6. The molecule has 3 rings (SSSR count). The molecule has 0 saturated heterocycles. The molecule has 0 radical (unpaired) electrons. The summed E-state index contributed by atoms with van der Waals surface area (Å²) in [6, 6.07) is 4.19. The van der Waals surface area contributed by atoms with Gasteiger partial charge in [-0.05, 0) is 30.2 Å². The van der Waals surface area contributed by atoms with Crippen molar-refractivity contribution >= 4 is 22.7 Å². The first-order valence-corrected chi connectivity index (χ1v) is 8.22. The fourth-order valence-electron chi connectivity index (χ4n) is 2.83. The van der Waals surface area contributed by atoms with Gasteiger partial charge in [0.25, 0.3) is 0 Å². The van der Waals surface area contributed by atoms with Crippen LogP contribution in [0.5, 0.6) is 0 Å². The van der Waals surface area contributed by atoms with Gasteiger partial charge in [-0.1, -0.05) is 25.8 Å². The van der Waals surface area contributed by atoms with Gasteiger partial charge in [-0.25, -0.2) is 4.98 Å². The van der Waals surface area contributed by atoms with Crippen LogP contribution in [0.3, 0.4) is 0 Å². The van der Waals surface area contributed by atoms with Crippen molar-refractivity contribution < 1.29 is 0 Å². The van der Waals surface area contributed by atoms with Gasteiger partial charge in [-0.15, -0.1) is 22.7 Å². The maximum atomic E-state index is 6.59. The van der Waals surface area contributed by atoms with Gasteiger partial charge in [-0.3, -0.25) is 0 Å². The maximum Gasteiger partial charge on any atom is 0.113 e. The molecule has 2 heterocycles. The monoisotopic (exact) mass is 278 g/mol. The molecule has 1 aliphatic rings. The summed E-state index contributed by atoms with van der Waals surface area (Å²) in [6.07, 6.45) is 4.69. The molecule has 2 atom stereocenters. The molecular weight excluding hydrogens is 260 g/mol. The van der Waals surface area contributed by atoms with Crippen LogP contribution in [0.15, 0.2) is 22.9 Å². The van der Waals surface area contributed by atoms with Crippen LogP contribution in [0.2, 0.25) is 0 Å². The van der Waals surface area contributed by atoms with E-state index in [2.05, 4.69) is 29.8 Å². The average molecular weight is 278 g/mol. The highest BCUT2D eigenvalue weighted by Gasteiger charge is 2.35. The molecule has 0 bridgehead atoms. The quantitative estimate of drug-likeness (QED) is 0.892. The molecule has 2 nitrogen and oxygen atoms in total. The Hall–Kier alpha value is -0.710. The number of nitrogens with two attached hydrogens (primary N) is 1. The second-order valence-corrected chi connectivity index (χ2v) is 7.18. The van der Waals surface area contributed by atoms with E-state index < -0.39 is 0 Å². The Balaban J connectivity index is 1.88. The number of thiophene rings is 1. The van der Waals surface area contributed by atoms with Crippen LogP contribution in [0.4, 0.5) is 0 Å². The van der Waals surface area contributed by atoms with E-state index in [1.165, 1.54) is 17.7 Å². The Morgan fingerprint density at radius 1 is 1.44 bits per heavy atom. The number of thiazole rings is 1. The number of rotatable bonds is 2. The maximum absolute atomic E-state index is 6.59. The van der Waals surface area contributed by atoms with Crippen LogP contribution in [0, 0.1) is 5.92 Å². The Labute approximate surface area is 116 Å². The number of hydrogen-bond acceptors (Lipinski definition) is 4. The zero-order chi connectivity index (χ0) is 12.6. The molecule has 1 fully saturated rings.